The highest BCUT2D eigenvalue weighted by atomic mass is 32.2. The van der Waals surface area contributed by atoms with Gasteiger partial charge >= 0.3 is 0 Å². The molecule has 3 heterocycles. The fourth-order valence-electron chi connectivity index (χ4n) is 3.83. The summed E-state index contributed by atoms with van der Waals surface area (Å²) < 4.78 is 16.6. The molecule has 5 aromatic rings. The molecule has 0 saturated heterocycles. The van der Waals surface area contributed by atoms with Gasteiger partial charge in [-0.1, -0.05) is 23.5 Å². The van der Waals surface area contributed by atoms with Crippen LogP contribution in [0.25, 0.3) is 27.0 Å². The summed E-state index contributed by atoms with van der Waals surface area (Å²) in [4.78, 5) is 27.5. The molecule has 0 aliphatic heterocycles. The Kier molecular flexibility index (Phi) is 6.54. The van der Waals surface area contributed by atoms with Crippen LogP contribution in [0.2, 0.25) is 0 Å². The van der Waals surface area contributed by atoms with Gasteiger partial charge < -0.3 is 11.1 Å². The summed E-state index contributed by atoms with van der Waals surface area (Å²) in [5, 5.41) is 12.8. The molecule has 2 amide bonds. The van der Waals surface area contributed by atoms with E-state index in [1.807, 2.05) is 47.0 Å². The summed E-state index contributed by atoms with van der Waals surface area (Å²) in [5.41, 5.74) is 8.11. The molecule has 3 aromatic heterocycles. The molecular weight excluding hydrogens is 523 g/mol. The van der Waals surface area contributed by atoms with Gasteiger partial charge in [0, 0.05) is 22.9 Å². The number of amides is 2. The minimum atomic E-state index is -0.272. The van der Waals surface area contributed by atoms with Gasteiger partial charge in [-0.05, 0) is 91.0 Å². The van der Waals surface area contributed by atoms with Crippen LogP contribution in [-0.2, 0) is 9.59 Å². The number of thiazole rings is 1. The number of aromatic nitrogens is 4. The van der Waals surface area contributed by atoms with Crippen LogP contribution in [0.1, 0.15) is 25.7 Å². The van der Waals surface area contributed by atoms with E-state index in [-0.39, 0.29) is 29.5 Å². The van der Waals surface area contributed by atoms with E-state index in [1.165, 1.54) is 35.2 Å². The number of halogens is 1. The van der Waals surface area contributed by atoms with E-state index in [2.05, 4.69) is 20.5 Å². The number of carbonyl (C=O) groups excluding carboxylic acids is 2. The van der Waals surface area contributed by atoms with E-state index in [1.54, 1.807) is 6.07 Å². The van der Waals surface area contributed by atoms with Gasteiger partial charge in [0.1, 0.15) is 5.82 Å². The smallest absolute Gasteiger partial charge is 0.229 e. The number of benzene rings is 2. The van der Waals surface area contributed by atoms with Crippen molar-refractivity contribution in [2.75, 3.05) is 5.32 Å². The van der Waals surface area contributed by atoms with Crippen molar-refractivity contribution in [3.05, 3.63) is 66.6 Å². The molecule has 11 heteroatoms. The van der Waals surface area contributed by atoms with Crippen LogP contribution >= 0.6 is 23.1 Å². The molecule has 2 aromatic carbocycles. The lowest BCUT2D eigenvalue weighted by molar-refractivity contribution is -0.119. The Balaban J connectivity index is 0.000000390. The molecule has 38 heavy (non-hydrogen) atoms. The third-order valence-corrected chi connectivity index (χ3v) is 8.14. The van der Waals surface area contributed by atoms with Gasteiger partial charge in [-0.25, -0.2) is 9.37 Å². The molecular formula is C27H23FN6O2S2. The lowest BCUT2D eigenvalue weighted by Crippen LogP contribution is -2.12. The normalized spacial score (nSPS) is 14.8. The molecule has 0 unspecified atom stereocenters. The molecule has 2 aliphatic rings. The van der Waals surface area contributed by atoms with E-state index in [9.17, 15) is 14.0 Å². The van der Waals surface area contributed by atoms with Gasteiger partial charge in [0.05, 0.1) is 10.2 Å². The lowest BCUT2D eigenvalue weighted by Gasteiger charge is -2.05. The van der Waals surface area contributed by atoms with Crippen LogP contribution in [0.4, 0.5) is 9.52 Å². The van der Waals surface area contributed by atoms with Crippen molar-refractivity contribution >= 4 is 55.9 Å². The van der Waals surface area contributed by atoms with Crippen molar-refractivity contribution in [1.29, 1.82) is 0 Å². The minimum absolute atomic E-state index is 0.0580. The fraction of sp³-hybridized carbons (Fsp3) is 0.222. The van der Waals surface area contributed by atoms with Crippen molar-refractivity contribution < 1.29 is 14.0 Å². The van der Waals surface area contributed by atoms with E-state index < -0.39 is 0 Å². The van der Waals surface area contributed by atoms with Gasteiger partial charge in [-0.3, -0.25) is 14.0 Å². The first-order valence-electron chi connectivity index (χ1n) is 12.2. The first-order chi connectivity index (χ1) is 18.4. The zero-order valence-electron chi connectivity index (χ0n) is 20.1. The molecule has 3 N–H and O–H groups in total. The average Bonchev–Trinajstić information content (AvgIpc) is 3.83. The fourth-order valence-corrected chi connectivity index (χ4v) is 5.66. The molecule has 7 rings (SSSR count). The van der Waals surface area contributed by atoms with Crippen LogP contribution in [0.3, 0.4) is 0 Å². The predicted molar refractivity (Wildman–Crippen MR) is 145 cm³/mol. The number of primary amides is 1. The number of nitrogens with two attached hydrogens (primary N) is 1. The summed E-state index contributed by atoms with van der Waals surface area (Å²) >= 11 is 2.96. The first kappa shape index (κ1) is 24.5. The number of nitrogens with one attached hydrogen (secondary N) is 1. The van der Waals surface area contributed by atoms with Gasteiger partial charge in [-0.15, -0.1) is 10.2 Å². The van der Waals surface area contributed by atoms with Crippen molar-refractivity contribution in [1.82, 2.24) is 19.6 Å². The molecule has 2 saturated carbocycles. The number of fused-ring (bicyclic) bond motifs is 2. The molecule has 0 radical (unpaired) electrons. The Hall–Kier alpha value is -3.83. The average molecular weight is 547 g/mol. The minimum Gasteiger partial charge on any atom is -0.369 e. The maximum Gasteiger partial charge on any atom is 0.229 e. The predicted octanol–water partition coefficient (Wildman–Crippen LogP) is 5.53. The second kappa shape index (κ2) is 10.1. The highest BCUT2D eigenvalue weighted by Gasteiger charge is 2.30. The SMILES string of the molecule is NC(=O)C1CC1.O=C(Nc1nc2ccc(Sc3nnc4ccc(-c5cccc(F)c5)cn34)cc2s1)C1CC1. The summed E-state index contributed by atoms with van der Waals surface area (Å²) in [7, 11) is 0. The van der Waals surface area contributed by atoms with Crippen LogP contribution in [-0.4, -0.2) is 31.4 Å². The van der Waals surface area contributed by atoms with Gasteiger partial charge in [0.2, 0.25) is 11.8 Å². The molecule has 2 fully saturated rings. The maximum atomic E-state index is 13.7. The zero-order chi connectivity index (χ0) is 26.2. The Morgan fingerprint density at radius 3 is 2.53 bits per heavy atom. The standard InChI is InChI=1S/C23H16FN5OS2.C4H7NO/c24-16-3-1-2-14(10-16)15-6-9-20-27-28-23(29(20)12-15)31-17-7-8-18-19(11-17)32-22(25-18)26-21(30)13-4-5-13;5-4(6)3-1-2-3/h1-3,6-13H,4-5H2,(H,25,26,30);3H,1-2H2,(H2,5,6). The number of pyridine rings is 1. The van der Waals surface area contributed by atoms with Crippen LogP contribution < -0.4 is 11.1 Å². The summed E-state index contributed by atoms with van der Waals surface area (Å²) in [6.45, 7) is 0. The largest absolute Gasteiger partial charge is 0.369 e. The summed E-state index contributed by atoms with van der Waals surface area (Å²) in [6.07, 6.45) is 5.89. The van der Waals surface area contributed by atoms with Crippen molar-refractivity contribution in [3.8, 4) is 11.1 Å². The third-order valence-electron chi connectivity index (χ3n) is 6.26. The molecule has 2 aliphatic carbocycles. The van der Waals surface area contributed by atoms with Gasteiger partial charge in [0.15, 0.2) is 15.9 Å². The van der Waals surface area contributed by atoms with Crippen LogP contribution in [0.15, 0.2) is 70.8 Å². The third kappa shape index (κ3) is 5.53. The molecule has 0 bridgehead atoms. The number of carbonyl (C=O) groups is 2. The second-order valence-corrected chi connectivity index (χ2v) is 11.4. The molecule has 0 spiro atoms. The Morgan fingerprint density at radius 2 is 1.82 bits per heavy atom. The molecule has 8 nitrogen and oxygen atoms in total. The Labute approximate surface area is 225 Å². The van der Waals surface area contributed by atoms with Crippen LogP contribution in [0.5, 0.6) is 0 Å². The van der Waals surface area contributed by atoms with E-state index in [0.717, 1.165) is 57.6 Å². The van der Waals surface area contributed by atoms with Gasteiger partial charge in [-0.2, -0.15) is 0 Å². The monoisotopic (exact) mass is 546 g/mol. The zero-order valence-corrected chi connectivity index (χ0v) is 21.8. The van der Waals surface area contributed by atoms with E-state index in [4.69, 9.17) is 5.73 Å². The highest BCUT2D eigenvalue weighted by Crippen LogP contribution is 2.35. The topological polar surface area (TPSA) is 115 Å². The van der Waals surface area contributed by atoms with E-state index in [0.29, 0.717) is 10.3 Å². The number of anilines is 1. The Morgan fingerprint density at radius 1 is 1.00 bits per heavy atom. The lowest BCUT2D eigenvalue weighted by atomic mass is 10.1. The number of hydrogen-bond donors (Lipinski definition) is 2. The van der Waals surface area contributed by atoms with E-state index >= 15 is 0 Å². The van der Waals surface area contributed by atoms with Crippen molar-refractivity contribution in [3.63, 3.8) is 0 Å². The van der Waals surface area contributed by atoms with Crippen molar-refractivity contribution in [2.45, 2.75) is 35.7 Å². The quantitative estimate of drug-likeness (QED) is 0.290. The Bertz CT molecular complexity index is 1680. The summed E-state index contributed by atoms with van der Waals surface area (Å²) in [6, 6.07) is 16.3. The maximum absolute atomic E-state index is 13.7. The number of hydrogen-bond acceptors (Lipinski definition) is 7. The number of rotatable bonds is 6. The number of nitrogens with zero attached hydrogens (tertiary/aromatic N) is 4. The summed E-state index contributed by atoms with van der Waals surface area (Å²) in [5.74, 6) is 0.0424. The van der Waals surface area contributed by atoms with Crippen LogP contribution in [0, 0.1) is 17.7 Å². The second-order valence-electron chi connectivity index (χ2n) is 9.33. The van der Waals surface area contributed by atoms with Crippen molar-refractivity contribution in [2.24, 2.45) is 17.6 Å². The molecule has 0 atom stereocenters. The first-order valence-corrected chi connectivity index (χ1v) is 13.9. The molecule has 192 valence electrons. The van der Waals surface area contributed by atoms with Gasteiger partial charge in [0.25, 0.3) is 0 Å². The highest BCUT2D eigenvalue weighted by molar-refractivity contribution is 7.99.